The number of hydrogen-bond acceptors (Lipinski definition) is 3. The average molecular weight is 350 g/mol. The van der Waals surface area contributed by atoms with Crippen molar-refractivity contribution in [2.75, 3.05) is 24.5 Å². The van der Waals surface area contributed by atoms with Gasteiger partial charge in [-0.2, -0.15) is 0 Å². The summed E-state index contributed by atoms with van der Waals surface area (Å²) in [6.45, 7) is 5.93. The molecule has 1 unspecified atom stereocenters. The summed E-state index contributed by atoms with van der Waals surface area (Å²) in [7, 11) is 0. The van der Waals surface area contributed by atoms with Crippen molar-refractivity contribution in [1.29, 1.82) is 0 Å². The Morgan fingerprint density at radius 2 is 2.21 bits per heavy atom. The van der Waals surface area contributed by atoms with E-state index < -0.39 is 6.04 Å². The van der Waals surface area contributed by atoms with Crippen molar-refractivity contribution in [3.05, 3.63) is 28.8 Å². The van der Waals surface area contributed by atoms with Gasteiger partial charge >= 0.3 is 0 Å². The summed E-state index contributed by atoms with van der Waals surface area (Å²) in [5, 5.41) is 6.47. The number of hydrogen-bond donors (Lipinski definition) is 2. The molecule has 6 heteroatoms. The fourth-order valence-electron chi connectivity index (χ4n) is 3.72. The van der Waals surface area contributed by atoms with E-state index in [0.717, 1.165) is 35.7 Å². The fraction of sp³-hybridized carbons (Fsp3) is 0.556. The summed E-state index contributed by atoms with van der Waals surface area (Å²) in [5.74, 6) is -0.202. The standard InChI is InChI=1S/C18H24ClN3O2/c1-18(2)11-22(14-8-5-6-12(19)16(14)18)10-15(23)21-13-7-3-4-9-20-17(13)24/h5-6,8,13H,3-4,7,9-11H2,1-2H3,(H,20,24)(H,21,23). The Hall–Kier alpha value is -1.75. The molecule has 3 rings (SSSR count). The summed E-state index contributed by atoms with van der Waals surface area (Å²) in [4.78, 5) is 26.5. The van der Waals surface area contributed by atoms with Gasteiger partial charge in [-0.1, -0.05) is 31.5 Å². The number of nitrogens with zero attached hydrogens (tertiary/aromatic N) is 1. The number of carbonyl (C=O) groups excluding carboxylic acids is 2. The van der Waals surface area contributed by atoms with Crippen LogP contribution in [0.2, 0.25) is 5.02 Å². The number of carbonyl (C=O) groups is 2. The van der Waals surface area contributed by atoms with E-state index in [4.69, 9.17) is 11.6 Å². The van der Waals surface area contributed by atoms with E-state index in [2.05, 4.69) is 24.5 Å². The second kappa shape index (κ2) is 6.63. The predicted molar refractivity (Wildman–Crippen MR) is 95.5 cm³/mol. The van der Waals surface area contributed by atoms with Crippen molar-refractivity contribution in [3.63, 3.8) is 0 Å². The molecule has 1 aromatic carbocycles. The van der Waals surface area contributed by atoms with Crippen LogP contribution in [-0.4, -0.2) is 37.5 Å². The third kappa shape index (κ3) is 3.36. The average Bonchev–Trinajstić information content (AvgIpc) is 2.64. The number of amides is 2. The number of halogens is 1. The fourth-order valence-corrected chi connectivity index (χ4v) is 4.14. The molecule has 1 fully saturated rings. The first kappa shape index (κ1) is 17.1. The zero-order valence-electron chi connectivity index (χ0n) is 14.2. The normalized spacial score (nSPS) is 22.5. The topological polar surface area (TPSA) is 61.4 Å². The summed E-state index contributed by atoms with van der Waals surface area (Å²) < 4.78 is 0. The van der Waals surface area contributed by atoms with Crippen LogP contribution in [0, 0.1) is 0 Å². The van der Waals surface area contributed by atoms with Gasteiger partial charge in [-0.25, -0.2) is 0 Å². The SMILES string of the molecule is CC1(C)CN(CC(=O)NC2CCCCNC2=O)c2cccc(Cl)c21. The lowest BCUT2D eigenvalue weighted by Gasteiger charge is -2.23. The first-order valence-corrected chi connectivity index (χ1v) is 8.87. The van der Waals surface area contributed by atoms with Crippen LogP contribution >= 0.6 is 11.6 Å². The number of fused-ring (bicyclic) bond motifs is 1. The zero-order valence-corrected chi connectivity index (χ0v) is 14.9. The van der Waals surface area contributed by atoms with Crippen LogP contribution in [-0.2, 0) is 15.0 Å². The Labute approximate surface area is 147 Å². The van der Waals surface area contributed by atoms with Crippen LogP contribution < -0.4 is 15.5 Å². The van der Waals surface area contributed by atoms with Crippen LogP contribution in [0.1, 0.15) is 38.7 Å². The number of anilines is 1. The van der Waals surface area contributed by atoms with Gasteiger partial charge in [-0.3, -0.25) is 9.59 Å². The predicted octanol–water partition coefficient (Wildman–Crippen LogP) is 2.22. The lowest BCUT2D eigenvalue weighted by Crippen LogP contribution is -2.48. The summed E-state index contributed by atoms with van der Waals surface area (Å²) in [5.41, 5.74) is 1.99. The molecule has 2 aliphatic rings. The number of rotatable bonds is 3. The van der Waals surface area contributed by atoms with Crippen LogP contribution in [0.4, 0.5) is 5.69 Å². The summed E-state index contributed by atoms with van der Waals surface area (Å²) in [6, 6.07) is 5.38. The van der Waals surface area contributed by atoms with Crippen LogP contribution in [0.3, 0.4) is 0 Å². The molecule has 2 aliphatic heterocycles. The molecule has 0 spiro atoms. The number of benzene rings is 1. The van der Waals surface area contributed by atoms with E-state index >= 15 is 0 Å². The van der Waals surface area contributed by atoms with Crippen molar-refractivity contribution in [2.45, 2.75) is 44.6 Å². The molecule has 2 amide bonds. The highest BCUT2D eigenvalue weighted by molar-refractivity contribution is 6.32. The van der Waals surface area contributed by atoms with Crippen molar-refractivity contribution in [2.24, 2.45) is 0 Å². The van der Waals surface area contributed by atoms with E-state index in [-0.39, 0.29) is 23.8 Å². The summed E-state index contributed by atoms with van der Waals surface area (Å²) >= 11 is 6.37. The molecule has 0 aliphatic carbocycles. The first-order chi connectivity index (χ1) is 11.4. The summed E-state index contributed by atoms with van der Waals surface area (Å²) in [6.07, 6.45) is 2.61. The molecule has 1 aromatic rings. The van der Waals surface area contributed by atoms with Crippen LogP contribution in [0.5, 0.6) is 0 Å². The smallest absolute Gasteiger partial charge is 0.242 e. The molecule has 1 atom stereocenters. The van der Waals surface area contributed by atoms with Crippen molar-refractivity contribution in [1.82, 2.24) is 10.6 Å². The third-order valence-electron chi connectivity index (χ3n) is 4.80. The first-order valence-electron chi connectivity index (χ1n) is 8.49. The van der Waals surface area contributed by atoms with Gasteiger partial charge in [0.1, 0.15) is 6.04 Å². The molecule has 0 radical (unpaired) electrons. The molecule has 2 N–H and O–H groups in total. The molecular weight excluding hydrogens is 326 g/mol. The maximum atomic E-state index is 12.5. The lowest BCUT2D eigenvalue weighted by molar-refractivity contribution is -0.128. The van der Waals surface area contributed by atoms with Gasteiger partial charge in [0.2, 0.25) is 11.8 Å². The molecular formula is C18H24ClN3O2. The van der Waals surface area contributed by atoms with Crippen molar-refractivity contribution < 1.29 is 9.59 Å². The molecule has 5 nitrogen and oxygen atoms in total. The van der Waals surface area contributed by atoms with Crippen LogP contribution in [0.15, 0.2) is 18.2 Å². The highest BCUT2D eigenvalue weighted by atomic mass is 35.5. The Morgan fingerprint density at radius 3 is 3.00 bits per heavy atom. The minimum atomic E-state index is -0.422. The Morgan fingerprint density at radius 1 is 1.42 bits per heavy atom. The highest BCUT2D eigenvalue weighted by Crippen LogP contribution is 2.44. The van der Waals surface area contributed by atoms with Gasteiger partial charge in [0, 0.05) is 34.8 Å². The maximum absolute atomic E-state index is 12.5. The van der Waals surface area contributed by atoms with Gasteiger partial charge in [0.15, 0.2) is 0 Å². The van der Waals surface area contributed by atoms with E-state index in [1.165, 1.54) is 0 Å². The highest BCUT2D eigenvalue weighted by Gasteiger charge is 2.37. The quantitative estimate of drug-likeness (QED) is 0.879. The number of nitrogens with one attached hydrogen (secondary N) is 2. The minimum Gasteiger partial charge on any atom is -0.361 e. The molecule has 2 heterocycles. The van der Waals surface area contributed by atoms with Crippen LogP contribution in [0.25, 0.3) is 0 Å². The molecule has 24 heavy (non-hydrogen) atoms. The minimum absolute atomic E-state index is 0.0777. The van der Waals surface area contributed by atoms with Crippen molar-refractivity contribution in [3.8, 4) is 0 Å². The molecule has 1 saturated heterocycles. The molecule has 0 bridgehead atoms. The van der Waals surface area contributed by atoms with E-state index in [9.17, 15) is 9.59 Å². The van der Waals surface area contributed by atoms with Gasteiger partial charge < -0.3 is 15.5 Å². The Kier molecular flexibility index (Phi) is 4.72. The molecule has 130 valence electrons. The monoisotopic (exact) mass is 349 g/mol. The largest absolute Gasteiger partial charge is 0.361 e. The molecule has 0 saturated carbocycles. The van der Waals surface area contributed by atoms with Gasteiger partial charge in [0.05, 0.1) is 6.54 Å². The molecule has 0 aromatic heterocycles. The maximum Gasteiger partial charge on any atom is 0.242 e. The van der Waals surface area contributed by atoms with E-state index in [0.29, 0.717) is 13.0 Å². The van der Waals surface area contributed by atoms with Crippen molar-refractivity contribution >= 4 is 29.1 Å². The van der Waals surface area contributed by atoms with Gasteiger partial charge in [-0.15, -0.1) is 0 Å². The Balaban J connectivity index is 1.70. The second-order valence-corrected chi connectivity index (χ2v) is 7.69. The van der Waals surface area contributed by atoms with Gasteiger partial charge in [-0.05, 0) is 31.4 Å². The second-order valence-electron chi connectivity index (χ2n) is 7.28. The van der Waals surface area contributed by atoms with E-state index in [1.54, 1.807) is 0 Å². The Bertz CT molecular complexity index is 660. The van der Waals surface area contributed by atoms with E-state index in [1.807, 2.05) is 23.1 Å². The zero-order chi connectivity index (χ0) is 17.3. The third-order valence-corrected chi connectivity index (χ3v) is 5.12. The van der Waals surface area contributed by atoms with Gasteiger partial charge in [0.25, 0.3) is 0 Å². The lowest BCUT2D eigenvalue weighted by atomic mass is 9.87.